The third-order valence-corrected chi connectivity index (χ3v) is 3.73. The van der Waals surface area contributed by atoms with Gasteiger partial charge in [0.25, 0.3) is 5.91 Å². The van der Waals surface area contributed by atoms with Crippen molar-refractivity contribution in [1.29, 1.82) is 0 Å². The molecule has 0 spiro atoms. The highest BCUT2D eigenvalue weighted by Crippen LogP contribution is 2.32. The molecule has 2 aromatic rings. The van der Waals surface area contributed by atoms with Crippen LogP contribution in [0.25, 0.3) is 0 Å². The maximum Gasteiger partial charge on any atom is 0.345 e. The molecule has 1 aliphatic rings. The topological polar surface area (TPSA) is 130 Å². The average molecular weight is 351 g/mol. The molecule has 0 radical (unpaired) electrons. The molecular weight excluding hydrogens is 342 g/mol. The van der Waals surface area contributed by atoms with Crippen LogP contribution in [-0.4, -0.2) is 35.2 Å². The number of nitrogens with one attached hydrogen (secondary N) is 1. The summed E-state index contributed by atoms with van der Waals surface area (Å²) >= 11 is 0.700. The van der Waals surface area contributed by atoms with Gasteiger partial charge in [-0.25, -0.2) is 9.78 Å². The van der Waals surface area contributed by atoms with Crippen molar-refractivity contribution >= 4 is 33.3 Å². The lowest BCUT2D eigenvalue weighted by molar-refractivity contribution is -0.380. The average Bonchev–Trinajstić information content (AvgIpc) is 3.20. The summed E-state index contributed by atoms with van der Waals surface area (Å²) in [6, 6.07) is 4.50. The van der Waals surface area contributed by atoms with Gasteiger partial charge < -0.3 is 14.2 Å². The Bertz CT molecular complexity index is 820. The Hall–Kier alpha value is -3.21. The van der Waals surface area contributed by atoms with E-state index < -0.39 is 23.4 Å². The van der Waals surface area contributed by atoms with Crippen molar-refractivity contribution in [1.82, 2.24) is 4.98 Å². The molecule has 0 saturated carbocycles. The van der Waals surface area contributed by atoms with Gasteiger partial charge in [0.2, 0.25) is 6.79 Å². The van der Waals surface area contributed by atoms with E-state index >= 15 is 0 Å². The second kappa shape index (κ2) is 6.50. The zero-order chi connectivity index (χ0) is 17.1. The lowest BCUT2D eigenvalue weighted by Gasteiger charge is -2.05. The normalized spacial score (nSPS) is 11.8. The molecule has 3 rings (SSSR count). The fraction of sp³-hybridized carbons (Fsp3) is 0.154. The molecule has 1 aromatic carbocycles. The zero-order valence-corrected chi connectivity index (χ0v) is 12.7. The molecule has 1 amide bonds. The largest absolute Gasteiger partial charge is 0.454 e. The Morgan fingerprint density at radius 1 is 1.38 bits per heavy atom. The second-order valence-electron chi connectivity index (χ2n) is 4.45. The van der Waals surface area contributed by atoms with Crippen molar-refractivity contribution in [2.75, 3.05) is 18.7 Å². The molecular formula is C13H9N3O7S. The number of fused-ring (bicyclic) bond motifs is 1. The Kier molecular flexibility index (Phi) is 4.24. The van der Waals surface area contributed by atoms with Crippen molar-refractivity contribution < 1.29 is 28.7 Å². The number of hydrogen-bond acceptors (Lipinski definition) is 9. The van der Waals surface area contributed by atoms with Crippen molar-refractivity contribution in [3.63, 3.8) is 0 Å². The third kappa shape index (κ3) is 3.41. The highest BCUT2D eigenvalue weighted by Gasteiger charge is 2.18. The van der Waals surface area contributed by atoms with E-state index in [0.29, 0.717) is 22.8 Å². The summed E-state index contributed by atoms with van der Waals surface area (Å²) in [7, 11) is 0. The number of benzene rings is 1. The number of esters is 1. The van der Waals surface area contributed by atoms with Crippen LogP contribution in [0.15, 0.2) is 24.4 Å². The standard InChI is InChI=1S/C13H9N3O7S/c17-10(15-13-14-4-11(24-13)16(19)20)5-21-12(18)7-1-2-8-9(3-7)23-6-22-8/h1-4H,5-6H2,(H,14,15,17). The molecule has 0 aliphatic carbocycles. The Balaban J connectivity index is 1.53. The van der Waals surface area contributed by atoms with E-state index in [0.717, 1.165) is 6.20 Å². The summed E-state index contributed by atoms with van der Waals surface area (Å²) in [5, 5.41) is 12.7. The van der Waals surface area contributed by atoms with Gasteiger partial charge in [0.15, 0.2) is 23.2 Å². The van der Waals surface area contributed by atoms with Gasteiger partial charge in [-0.3, -0.25) is 20.2 Å². The van der Waals surface area contributed by atoms with Crippen LogP contribution in [0.1, 0.15) is 10.4 Å². The number of thiazole rings is 1. The molecule has 24 heavy (non-hydrogen) atoms. The molecule has 10 nitrogen and oxygen atoms in total. The predicted octanol–water partition coefficient (Wildman–Crippen LogP) is 1.58. The van der Waals surface area contributed by atoms with Crippen LogP contribution in [0, 0.1) is 10.1 Å². The number of carbonyl (C=O) groups is 2. The van der Waals surface area contributed by atoms with E-state index in [2.05, 4.69) is 10.3 Å². The summed E-state index contributed by atoms with van der Waals surface area (Å²) in [6.45, 7) is -0.475. The Labute approximate surface area is 138 Å². The van der Waals surface area contributed by atoms with Crippen LogP contribution < -0.4 is 14.8 Å². The van der Waals surface area contributed by atoms with Crippen LogP contribution in [0.2, 0.25) is 0 Å². The zero-order valence-electron chi connectivity index (χ0n) is 11.9. The number of amides is 1. The number of nitro groups is 1. The molecule has 0 saturated heterocycles. The van der Waals surface area contributed by atoms with Crippen molar-refractivity contribution in [2.24, 2.45) is 0 Å². The lowest BCUT2D eigenvalue weighted by atomic mass is 10.2. The molecule has 2 heterocycles. The molecule has 11 heteroatoms. The summed E-state index contributed by atoms with van der Waals surface area (Å²) < 4.78 is 15.1. The van der Waals surface area contributed by atoms with Crippen molar-refractivity contribution in [3.05, 3.63) is 40.1 Å². The summed E-state index contributed by atoms with van der Waals surface area (Å²) in [4.78, 5) is 37.2. The lowest BCUT2D eigenvalue weighted by Crippen LogP contribution is -2.20. The van der Waals surface area contributed by atoms with Crippen LogP contribution in [0.3, 0.4) is 0 Å². The number of ether oxygens (including phenoxy) is 3. The minimum absolute atomic E-state index is 0.0471. The predicted molar refractivity (Wildman–Crippen MR) is 80.2 cm³/mol. The molecule has 1 N–H and O–H groups in total. The first kappa shape index (κ1) is 15.7. The van der Waals surface area contributed by atoms with Crippen LogP contribution >= 0.6 is 11.3 Å². The van der Waals surface area contributed by atoms with Gasteiger partial charge in [0.05, 0.1) is 10.5 Å². The Morgan fingerprint density at radius 3 is 2.92 bits per heavy atom. The van der Waals surface area contributed by atoms with Gasteiger partial charge in [-0.05, 0) is 29.5 Å². The van der Waals surface area contributed by atoms with Gasteiger partial charge in [-0.15, -0.1) is 0 Å². The van der Waals surface area contributed by atoms with Gasteiger partial charge in [-0.1, -0.05) is 0 Å². The molecule has 1 aromatic heterocycles. The molecule has 0 unspecified atom stereocenters. The smallest absolute Gasteiger partial charge is 0.345 e. The fourth-order valence-corrected chi connectivity index (χ4v) is 2.45. The third-order valence-electron chi connectivity index (χ3n) is 2.86. The fourth-order valence-electron chi connectivity index (χ4n) is 1.80. The maximum atomic E-state index is 11.9. The summed E-state index contributed by atoms with van der Waals surface area (Å²) in [5.41, 5.74) is 0.205. The highest BCUT2D eigenvalue weighted by molar-refractivity contribution is 7.18. The van der Waals surface area contributed by atoms with E-state index in [1.807, 2.05) is 0 Å². The van der Waals surface area contributed by atoms with Crippen molar-refractivity contribution in [3.8, 4) is 11.5 Å². The van der Waals surface area contributed by atoms with Gasteiger partial charge >= 0.3 is 11.0 Å². The van der Waals surface area contributed by atoms with Gasteiger partial charge in [-0.2, -0.15) is 0 Å². The first-order chi connectivity index (χ1) is 11.5. The first-order valence-electron chi connectivity index (χ1n) is 6.50. The number of carbonyl (C=O) groups excluding carboxylic acids is 2. The molecule has 124 valence electrons. The SMILES string of the molecule is O=C(COC(=O)c1ccc2c(c1)OCO2)Nc1ncc([N+](=O)[O-])s1. The van der Waals surface area contributed by atoms with Gasteiger partial charge in [0.1, 0.15) is 6.20 Å². The molecule has 0 bridgehead atoms. The number of aromatic nitrogens is 1. The molecule has 0 atom stereocenters. The molecule has 0 fully saturated rings. The van der Waals surface area contributed by atoms with Crippen LogP contribution in [0.5, 0.6) is 11.5 Å². The number of hydrogen-bond donors (Lipinski definition) is 1. The minimum atomic E-state index is -0.714. The van der Waals surface area contributed by atoms with Gasteiger partial charge in [0, 0.05) is 0 Å². The van der Waals surface area contributed by atoms with E-state index in [4.69, 9.17) is 14.2 Å². The minimum Gasteiger partial charge on any atom is -0.454 e. The van der Waals surface area contributed by atoms with E-state index in [1.54, 1.807) is 6.07 Å². The highest BCUT2D eigenvalue weighted by atomic mass is 32.1. The maximum absolute atomic E-state index is 11.9. The summed E-state index contributed by atoms with van der Waals surface area (Å²) in [5.74, 6) is -0.430. The number of rotatable bonds is 5. The second-order valence-corrected chi connectivity index (χ2v) is 5.46. The molecule has 1 aliphatic heterocycles. The number of anilines is 1. The van der Waals surface area contributed by atoms with Crippen LogP contribution in [-0.2, 0) is 9.53 Å². The number of nitrogens with zero attached hydrogens (tertiary/aromatic N) is 2. The van der Waals surface area contributed by atoms with E-state index in [1.165, 1.54) is 12.1 Å². The Morgan fingerprint density at radius 2 is 2.17 bits per heavy atom. The summed E-state index contributed by atoms with van der Waals surface area (Å²) in [6.07, 6.45) is 1.03. The van der Waals surface area contributed by atoms with E-state index in [9.17, 15) is 19.7 Å². The quantitative estimate of drug-likeness (QED) is 0.488. The first-order valence-corrected chi connectivity index (χ1v) is 7.31. The van der Waals surface area contributed by atoms with Crippen molar-refractivity contribution in [2.45, 2.75) is 0 Å². The van der Waals surface area contributed by atoms with E-state index in [-0.39, 0.29) is 22.5 Å². The monoisotopic (exact) mass is 351 g/mol. The van der Waals surface area contributed by atoms with Crippen LogP contribution in [0.4, 0.5) is 10.1 Å².